The molecule has 0 heterocycles. The van der Waals surface area contributed by atoms with Gasteiger partial charge in [0.05, 0.1) is 12.1 Å². The van der Waals surface area contributed by atoms with Crippen LogP contribution in [-0.4, -0.2) is 48.7 Å². The van der Waals surface area contributed by atoms with Crippen LogP contribution >= 0.6 is 0 Å². The smallest absolute Gasteiger partial charge is 0.217 e. The Morgan fingerprint density at radius 3 is 2.44 bits per heavy atom. The Balaban J connectivity index is 2.69. The van der Waals surface area contributed by atoms with E-state index in [2.05, 4.69) is 5.32 Å². The standard InChI is InChI=1S/C14H22N2O2/c1-11(17)15-13(14(18)10-16(2)3)9-12-7-5-4-6-8-12/h4-8,13-14,18H,9-10H2,1-3H3,(H,15,17)/t13-,14-/m1/s1. The van der Waals surface area contributed by atoms with E-state index in [4.69, 9.17) is 0 Å². The highest BCUT2D eigenvalue weighted by molar-refractivity contribution is 5.73. The second-order valence-corrected chi connectivity index (χ2v) is 4.83. The Hall–Kier alpha value is -1.39. The summed E-state index contributed by atoms with van der Waals surface area (Å²) in [4.78, 5) is 13.1. The molecule has 0 radical (unpaired) electrons. The van der Waals surface area contributed by atoms with Gasteiger partial charge >= 0.3 is 0 Å². The van der Waals surface area contributed by atoms with Gasteiger partial charge in [-0.25, -0.2) is 0 Å². The third kappa shape index (κ3) is 5.29. The molecule has 1 rings (SSSR count). The number of hydrogen-bond acceptors (Lipinski definition) is 3. The normalized spacial score (nSPS) is 14.3. The molecule has 0 aromatic heterocycles. The lowest BCUT2D eigenvalue weighted by Gasteiger charge is -2.26. The highest BCUT2D eigenvalue weighted by Gasteiger charge is 2.20. The number of aliphatic hydroxyl groups excluding tert-OH is 1. The SMILES string of the molecule is CC(=O)N[C@H](Cc1ccccc1)[C@H](O)CN(C)C. The van der Waals surface area contributed by atoms with Gasteiger partial charge in [0.1, 0.15) is 0 Å². The minimum atomic E-state index is -0.580. The van der Waals surface area contributed by atoms with E-state index in [9.17, 15) is 9.90 Å². The number of carbonyl (C=O) groups is 1. The number of carbonyl (C=O) groups excluding carboxylic acids is 1. The van der Waals surface area contributed by atoms with Crippen molar-refractivity contribution in [2.75, 3.05) is 20.6 Å². The second-order valence-electron chi connectivity index (χ2n) is 4.83. The minimum absolute atomic E-state index is 0.117. The summed E-state index contributed by atoms with van der Waals surface area (Å²) in [6, 6.07) is 9.60. The number of nitrogens with one attached hydrogen (secondary N) is 1. The van der Waals surface area contributed by atoms with Crippen molar-refractivity contribution in [3.63, 3.8) is 0 Å². The van der Waals surface area contributed by atoms with Crippen LogP contribution in [0, 0.1) is 0 Å². The molecule has 4 nitrogen and oxygen atoms in total. The summed E-state index contributed by atoms with van der Waals surface area (Å²) in [5.41, 5.74) is 1.11. The number of likely N-dealkylation sites (N-methyl/N-ethyl adjacent to an activating group) is 1. The molecule has 100 valence electrons. The fourth-order valence-corrected chi connectivity index (χ4v) is 1.91. The molecule has 4 heteroatoms. The highest BCUT2D eigenvalue weighted by Crippen LogP contribution is 2.07. The fraction of sp³-hybridized carbons (Fsp3) is 0.500. The van der Waals surface area contributed by atoms with Crippen LogP contribution in [0.5, 0.6) is 0 Å². The molecule has 0 aliphatic carbocycles. The van der Waals surface area contributed by atoms with E-state index in [0.717, 1.165) is 5.56 Å². The first kappa shape index (κ1) is 14.7. The molecule has 0 aliphatic rings. The lowest BCUT2D eigenvalue weighted by molar-refractivity contribution is -0.120. The van der Waals surface area contributed by atoms with Crippen molar-refractivity contribution < 1.29 is 9.90 Å². The van der Waals surface area contributed by atoms with Gasteiger partial charge in [0, 0.05) is 13.5 Å². The topological polar surface area (TPSA) is 52.6 Å². The Morgan fingerprint density at radius 1 is 1.33 bits per heavy atom. The molecule has 0 spiro atoms. The average molecular weight is 250 g/mol. The van der Waals surface area contributed by atoms with Gasteiger partial charge in [-0.05, 0) is 26.1 Å². The van der Waals surface area contributed by atoms with E-state index in [1.165, 1.54) is 6.92 Å². The van der Waals surface area contributed by atoms with E-state index < -0.39 is 6.10 Å². The third-order valence-electron chi connectivity index (χ3n) is 2.70. The largest absolute Gasteiger partial charge is 0.390 e. The average Bonchev–Trinajstić information content (AvgIpc) is 2.28. The van der Waals surface area contributed by atoms with Crippen molar-refractivity contribution in [2.24, 2.45) is 0 Å². The molecule has 18 heavy (non-hydrogen) atoms. The van der Waals surface area contributed by atoms with Gasteiger partial charge in [0.15, 0.2) is 0 Å². The summed E-state index contributed by atoms with van der Waals surface area (Å²) in [6.07, 6.45) is 0.0548. The van der Waals surface area contributed by atoms with Crippen LogP contribution in [0.15, 0.2) is 30.3 Å². The molecule has 0 aliphatic heterocycles. The monoisotopic (exact) mass is 250 g/mol. The minimum Gasteiger partial charge on any atom is -0.390 e. The summed E-state index contributed by atoms with van der Waals surface area (Å²) < 4.78 is 0. The van der Waals surface area contributed by atoms with E-state index >= 15 is 0 Å². The second kappa shape index (κ2) is 7.13. The summed E-state index contributed by atoms with van der Waals surface area (Å²) in [7, 11) is 3.80. The van der Waals surface area contributed by atoms with Crippen LogP contribution in [0.4, 0.5) is 0 Å². The predicted octanol–water partition coefficient (Wildman–Crippen LogP) is 0.656. The van der Waals surface area contributed by atoms with Gasteiger partial charge in [-0.1, -0.05) is 30.3 Å². The van der Waals surface area contributed by atoms with Crippen LogP contribution in [0.3, 0.4) is 0 Å². The Bertz CT molecular complexity index is 365. The van der Waals surface area contributed by atoms with Crippen molar-refractivity contribution in [1.29, 1.82) is 0 Å². The van der Waals surface area contributed by atoms with Crippen LogP contribution in [-0.2, 0) is 11.2 Å². The number of hydrogen-bond donors (Lipinski definition) is 2. The molecule has 2 N–H and O–H groups in total. The van der Waals surface area contributed by atoms with Crippen LogP contribution < -0.4 is 5.32 Å². The van der Waals surface area contributed by atoms with Gasteiger partial charge in [-0.15, -0.1) is 0 Å². The van der Waals surface area contributed by atoms with Crippen molar-refractivity contribution >= 4 is 5.91 Å². The molecule has 2 atom stereocenters. The summed E-state index contributed by atoms with van der Waals surface area (Å²) >= 11 is 0. The number of aliphatic hydroxyl groups is 1. The molecule has 0 saturated heterocycles. The molecule has 1 aromatic carbocycles. The first-order chi connectivity index (χ1) is 8.49. The third-order valence-corrected chi connectivity index (χ3v) is 2.70. The van der Waals surface area contributed by atoms with Gasteiger partial charge in [-0.3, -0.25) is 4.79 Å². The first-order valence-corrected chi connectivity index (χ1v) is 6.13. The number of amides is 1. The number of rotatable bonds is 6. The summed E-state index contributed by atoms with van der Waals surface area (Å²) in [5, 5.41) is 13.0. The predicted molar refractivity (Wildman–Crippen MR) is 72.3 cm³/mol. The van der Waals surface area contributed by atoms with Gasteiger partial charge in [0.25, 0.3) is 0 Å². The van der Waals surface area contributed by atoms with E-state index in [1.54, 1.807) is 0 Å². The zero-order valence-electron chi connectivity index (χ0n) is 11.3. The Morgan fingerprint density at radius 2 is 1.94 bits per heavy atom. The number of nitrogens with zero attached hydrogens (tertiary/aromatic N) is 1. The lowest BCUT2D eigenvalue weighted by Crippen LogP contribution is -2.47. The zero-order chi connectivity index (χ0) is 13.5. The molecule has 0 fully saturated rings. The van der Waals surface area contributed by atoms with Gasteiger partial charge in [0.2, 0.25) is 5.91 Å². The van der Waals surface area contributed by atoms with Crippen molar-refractivity contribution in [1.82, 2.24) is 10.2 Å². The summed E-state index contributed by atoms with van der Waals surface area (Å²) in [5.74, 6) is -0.117. The Kier molecular flexibility index (Phi) is 5.82. The quantitative estimate of drug-likeness (QED) is 0.779. The maximum Gasteiger partial charge on any atom is 0.217 e. The number of benzene rings is 1. The van der Waals surface area contributed by atoms with Crippen LogP contribution in [0.25, 0.3) is 0 Å². The molecular weight excluding hydrogens is 228 g/mol. The van der Waals surface area contributed by atoms with Crippen LogP contribution in [0.1, 0.15) is 12.5 Å². The van der Waals surface area contributed by atoms with E-state index in [0.29, 0.717) is 13.0 Å². The molecule has 1 aromatic rings. The van der Waals surface area contributed by atoms with Crippen LogP contribution in [0.2, 0.25) is 0 Å². The molecule has 0 unspecified atom stereocenters. The molecular formula is C14H22N2O2. The van der Waals surface area contributed by atoms with E-state index in [-0.39, 0.29) is 11.9 Å². The van der Waals surface area contributed by atoms with Crippen molar-refractivity contribution in [2.45, 2.75) is 25.5 Å². The first-order valence-electron chi connectivity index (χ1n) is 6.13. The maximum absolute atomic E-state index is 11.2. The molecule has 1 amide bonds. The fourth-order valence-electron chi connectivity index (χ4n) is 1.91. The van der Waals surface area contributed by atoms with Crippen molar-refractivity contribution in [3.05, 3.63) is 35.9 Å². The van der Waals surface area contributed by atoms with Gasteiger partial charge < -0.3 is 15.3 Å². The molecule has 0 bridgehead atoms. The zero-order valence-corrected chi connectivity index (χ0v) is 11.3. The maximum atomic E-state index is 11.2. The van der Waals surface area contributed by atoms with E-state index in [1.807, 2.05) is 49.3 Å². The highest BCUT2D eigenvalue weighted by atomic mass is 16.3. The Labute approximate surface area is 109 Å². The molecule has 0 saturated carbocycles. The van der Waals surface area contributed by atoms with Gasteiger partial charge in [-0.2, -0.15) is 0 Å². The van der Waals surface area contributed by atoms with Crippen molar-refractivity contribution in [3.8, 4) is 0 Å². The lowest BCUT2D eigenvalue weighted by atomic mass is 10.0. The summed E-state index contributed by atoms with van der Waals surface area (Å²) in [6.45, 7) is 2.00.